The van der Waals surface area contributed by atoms with E-state index in [1.165, 1.54) is 6.07 Å². The normalized spacial score (nSPS) is 24.1. The van der Waals surface area contributed by atoms with Gasteiger partial charge in [-0.2, -0.15) is 5.10 Å². The molecule has 1 aromatic heterocycles. The molecule has 3 aliphatic heterocycles. The maximum absolute atomic E-state index is 14.5. The molecule has 2 aromatic rings. The second kappa shape index (κ2) is 7.06. The molecule has 2 atom stereocenters. The van der Waals surface area contributed by atoms with Gasteiger partial charge in [0, 0.05) is 30.8 Å². The van der Waals surface area contributed by atoms with Crippen LogP contribution < -0.4 is 5.32 Å². The Bertz CT molecular complexity index is 964. The molecule has 3 aliphatic rings. The fourth-order valence-electron chi connectivity index (χ4n) is 4.22. The number of nitrogens with one attached hydrogen (secondary N) is 1. The van der Waals surface area contributed by atoms with Crippen LogP contribution in [0, 0.1) is 5.82 Å². The molecule has 148 valence electrons. The van der Waals surface area contributed by atoms with E-state index in [1.807, 2.05) is 4.68 Å². The first-order chi connectivity index (χ1) is 13.6. The Hall–Kier alpha value is -2.10. The molecule has 9 heteroatoms. The van der Waals surface area contributed by atoms with Crippen molar-refractivity contribution in [3.8, 4) is 11.3 Å². The fourth-order valence-corrected chi connectivity index (χ4v) is 5.60. The number of fused-ring (bicyclic) bond motifs is 3. The topological polar surface area (TPSA) is 76.5 Å². The zero-order chi connectivity index (χ0) is 19.3. The van der Waals surface area contributed by atoms with Crippen molar-refractivity contribution in [2.45, 2.75) is 23.1 Å². The highest BCUT2D eigenvalue weighted by molar-refractivity contribution is 7.84. The van der Waals surface area contributed by atoms with E-state index in [1.54, 1.807) is 17.0 Å². The molecule has 1 N–H and O–H groups in total. The minimum Gasteiger partial charge on any atom is -0.378 e. The van der Waals surface area contributed by atoms with E-state index >= 15 is 0 Å². The molecular formula is C19H21FN4O3S. The van der Waals surface area contributed by atoms with Crippen molar-refractivity contribution in [2.24, 2.45) is 0 Å². The minimum atomic E-state index is -1.55. The molecule has 2 fully saturated rings. The summed E-state index contributed by atoms with van der Waals surface area (Å²) in [4.78, 5) is 15.1. The van der Waals surface area contributed by atoms with Gasteiger partial charge in [-0.25, -0.2) is 4.39 Å². The van der Waals surface area contributed by atoms with Gasteiger partial charge in [-0.3, -0.25) is 13.7 Å². The monoisotopic (exact) mass is 404 g/mol. The lowest BCUT2D eigenvalue weighted by Gasteiger charge is -2.26. The van der Waals surface area contributed by atoms with Crippen molar-refractivity contribution < 1.29 is 18.1 Å². The molecule has 0 saturated carbocycles. The summed E-state index contributed by atoms with van der Waals surface area (Å²) in [6.07, 6.45) is 0.882. The van der Waals surface area contributed by atoms with E-state index in [0.29, 0.717) is 43.1 Å². The number of halogens is 1. The summed E-state index contributed by atoms with van der Waals surface area (Å²) in [5.41, 5.74) is 2.33. The molecule has 0 bridgehead atoms. The standard InChI is InChI=1S/C19H21FN4O3S/c20-15-3-1-2-13-17-14(11-28(26)18(13)15)16(19(25)23-6-8-27-9-7-23)22-24(17)12-4-5-21-10-12/h1-3,12,21H,4-11H2. The van der Waals surface area contributed by atoms with Gasteiger partial charge in [0.1, 0.15) is 5.82 Å². The lowest BCUT2D eigenvalue weighted by Crippen LogP contribution is -2.41. The van der Waals surface area contributed by atoms with Crippen molar-refractivity contribution >= 4 is 16.7 Å². The summed E-state index contributed by atoms with van der Waals surface area (Å²) in [7, 11) is -1.55. The van der Waals surface area contributed by atoms with Crippen LogP contribution in [0.2, 0.25) is 0 Å². The van der Waals surface area contributed by atoms with E-state index in [4.69, 9.17) is 9.84 Å². The highest BCUT2D eigenvalue weighted by Crippen LogP contribution is 2.41. The van der Waals surface area contributed by atoms with Crippen molar-refractivity contribution in [1.29, 1.82) is 0 Å². The van der Waals surface area contributed by atoms with E-state index in [-0.39, 0.29) is 22.6 Å². The van der Waals surface area contributed by atoms with Crippen LogP contribution in [0.25, 0.3) is 11.3 Å². The molecular weight excluding hydrogens is 383 g/mol. The zero-order valence-electron chi connectivity index (χ0n) is 15.3. The number of hydrogen-bond donors (Lipinski definition) is 1. The predicted octanol–water partition coefficient (Wildman–Crippen LogP) is 1.32. The molecule has 0 radical (unpaired) electrons. The number of carbonyl (C=O) groups excluding carboxylic acids is 1. The second-order valence-electron chi connectivity index (χ2n) is 7.28. The molecule has 1 amide bonds. The number of benzene rings is 1. The summed E-state index contributed by atoms with van der Waals surface area (Å²) in [5, 5.41) is 8.02. The third-order valence-corrected chi connectivity index (χ3v) is 7.04. The van der Waals surface area contributed by atoms with Gasteiger partial charge in [0.25, 0.3) is 5.91 Å². The summed E-state index contributed by atoms with van der Waals surface area (Å²) < 4.78 is 34.5. The number of ether oxygens (including phenoxy) is 1. The Morgan fingerprint density at radius 1 is 1.32 bits per heavy atom. The largest absolute Gasteiger partial charge is 0.378 e. The van der Waals surface area contributed by atoms with Gasteiger partial charge >= 0.3 is 0 Å². The van der Waals surface area contributed by atoms with Gasteiger partial charge in [0.15, 0.2) is 5.69 Å². The lowest BCUT2D eigenvalue weighted by atomic mass is 10.0. The van der Waals surface area contributed by atoms with Crippen molar-refractivity contribution in [1.82, 2.24) is 20.0 Å². The van der Waals surface area contributed by atoms with Gasteiger partial charge in [-0.1, -0.05) is 12.1 Å². The zero-order valence-corrected chi connectivity index (χ0v) is 16.1. The number of nitrogens with zero attached hydrogens (tertiary/aromatic N) is 3. The quantitative estimate of drug-likeness (QED) is 0.817. The van der Waals surface area contributed by atoms with Crippen LogP contribution in [0.5, 0.6) is 0 Å². The van der Waals surface area contributed by atoms with Crippen molar-refractivity contribution in [3.63, 3.8) is 0 Å². The van der Waals surface area contributed by atoms with E-state index in [0.717, 1.165) is 25.2 Å². The molecule has 1 aromatic carbocycles. The fraction of sp³-hybridized carbons (Fsp3) is 0.474. The average Bonchev–Trinajstić information content (AvgIpc) is 3.36. The van der Waals surface area contributed by atoms with Gasteiger partial charge in [-0.15, -0.1) is 0 Å². The second-order valence-corrected chi connectivity index (χ2v) is 8.67. The average molecular weight is 404 g/mol. The number of amides is 1. The van der Waals surface area contributed by atoms with E-state index < -0.39 is 16.6 Å². The Morgan fingerprint density at radius 2 is 2.14 bits per heavy atom. The highest BCUT2D eigenvalue weighted by Gasteiger charge is 2.36. The van der Waals surface area contributed by atoms with Crippen LogP contribution in [-0.4, -0.2) is 64.2 Å². The molecule has 7 nitrogen and oxygen atoms in total. The van der Waals surface area contributed by atoms with Crippen LogP contribution in [0.1, 0.15) is 28.5 Å². The lowest BCUT2D eigenvalue weighted by molar-refractivity contribution is 0.0297. The number of morpholine rings is 1. The van der Waals surface area contributed by atoms with Gasteiger partial charge in [0.05, 0.1) is 46.4 Å². The molecule has 4 heterocycles. The smallest absolute Gasteiger partial charge is 0.274 e. The van der Waals surface area contributed by atoms with Crippen molar-refractivity contribution in [3.05, 3.63) is 35.3 Å². The molecule has 0 spiro atoms. The van der Waals surface area contributed by atoms with Gasteiger partial charge in [0.2, 0.25) is 0 Å². The third-order valence-electron chi connectivity index (χ3n) is 5.61. The number of hydrogen-bond acceptors (Lipinski definition) is 5. The maximum atomic E-state index is 14.5. The predicted molar refractivity (Wildman–Crippen MR) is 101 cm³/mol. The van der Waals surface area contributed by atoms with Crippen LogP contribution in [0.15, 0.2) is 23.1 Å². The molecule has 2 saturated heterocycles. The van der Waals surface area contributed by atoms with Gasteiger partial charge in [-0.05, 0) is 19.0 Å². The number of aromatic nitrogens is 2. The van der Waals surface area contributed by atoms with Crippen LogP contribution in [-0.2, 0) is 21.3 Å². The summed E-state index contributed by atoms with van der Waals surface area (Å²) in [6.45, 7) is 3.64. The Kier molecular flexibility index (Phi) is 4.53. The van der Waals surface area contributed by atoms with Crippen LogP contribution in [0.3, 0.4) is 0 Å². The Balaban J connectivity index is 1.68. The molecule has 2 unspecified atom stereocenters. The van der Waals surface area contributed by atoms with Gasteiger partial charge < -0.3 is 15.0 Å². The van der Waals surface area contributed by atoms with Crippen molar-refractivity contribution in [2.75, 3.05) is 39.4 Å². The van der Waals surface area contributed by atoms with E-state index in [2.05, 4.69) is 5.32 Å². The SMILES string of the molecule is O=C(c1nn(C2CCNC2)c2c1CS(=O)c1c(F)cccc1-2)N1CCOCC1. The summed E-state index contributed by atoms with van der Waals surface area (Å²) in [6, 6.07) is 4.81. The molecule has 0 aliphatic carbocycles. The van der Waals surface area contributed by atoms with Crippen LogP contribution in [0.4, 0.5) is 4.39 Å². The first-order valence-electron chi connectivity index (χ1n) is 9.51. The number of rotatable bonds is 2. The summed E-state index contributed by atoms with van der Waals surface area (Å²) in [5.74, 6) is -0.532. The minimum absolute atomic E-state index is 0.0858. The van der Waals surface area contributed by atoms with E-state index in [9.17, 15) is 13.4 Å². The highest BCUT2D eigenvalue weighted by atomic mass is 32.2. The maximum Gasteiger partial charge on any atom is 0.274 e. The Labute approximate surface area is 164 Å². The van der Waals surface area contributed by atoms with Crippen LogP contribution >= 0.6 is 0 Å². The third kappa shape index (κ3) is 2.80. The number of carbonyl (C=O) groups is 1. The first kappa shape index (κ1) is 18.0. The summed E-state index contributed by atoms with van der Waals surface area (Å²) >= 11 is 0. The molecule has 5 rings (SSSR count). The first-order valence-corrected chi connectivity index (χ1v) is 10.8. The molecule has 28 heavy (non-hydrogen) atoms. The Morgan fingerprint density at radius 3 is 2.89 bits per heavy atom.